The molecule has 0 aliphatic carbocycles. The smallest absolute Gasteiger partial charge is 0.225 e. The number of piperidine rings is 2. The molecular formula is C12H22N2O2. The van der Waals surface area contributed by atoms with E-state index in [0.29, 0.717) is 11.8 Å². The van der Waals surface area contributed by atoms with Crippen LogP contribution in [0.1, 0.15) is 25.7 Å². The Morgan fingerprint density at radius 1 is 1.19 bits per heavy atom. The summed E-state index contributed by atoms with van der Waals surface area (Å²) in [5, 5.41) is 12.3. The fourth-order valence-electron chi connectivity index (χ4n) is 2.66. The van der Waals surface area contributed by atoms with Crippen LogP contribution < -0.4 is 5.32 Å². The first kappa shape index (κ1) is 11.9. The first-order chi connectivity index (χ1) is 7.81. The molecule has 0 aromatic carbocycles. The van der Waals surface area contributed by atoms with Gasteiger partial charge in [-0.25, -0.2) is 0 Å². The zero-order chi connectivity index (χ0) is 11.4. The summed E-state index contributed by atoms with van der Waals surface area (Å²) >= 11 is 0. The van der Waals surface area contributed by atoms with Crippen LogP contribution in [-0.2, 0) is 4.79 Å². The molecule has 0 aromatic heterocycles. The van der Waals surface area contributed by atoms with Crippen molar-refractivity contribution in [1.82, 2.24) is 10.2 Å². The van der Waals surface area contributed by atoms with Crippen molar-refractivity contribution in [2.75, 3.05) is 32.8 Å². The Bertz CT molecular complexity index is 231. The van der Waals surface area contributed by atoms with Crippen molar-refractivity contribution in [3.63, 3.8) is 0 Å². The van der Waals surface area contributed by atoms with Crippen molar-refractivity contribution in [1.29, 1.82) is 0 Å². The Morgan fingerprint density at radius 2 is 1.81 bits per heavy atom. The number of carbonyl (C=O) groups is 1. The Labute approximate surface area is 97.0 Å². The molecule has 2 fully saturated rings. The van der Waals surface area contributed by atoms with Crippen molar-refractivity contribution >= 4 is 5.91 Å². The molecule has 0 spiro atoms. The van der Waals surface area contributed by atoms with Gasteiger partial charge in [-0.2, -0.15) is 0 Å². The highest BCUT2D eigenvalue weighted by Gasteiger charge is 2.28. The van der Waals surface area contributed by atoms with Crippen molar-refractivity contribution in [2.45, 2.75) is 25.7 Å². The number of nitrogens with zero attached hydrogens (tertiary/aromatic N) is 1. The van der Waals surface area contributed by atoms with E-state index >= 15 is 0 Å². The number of hydrogen-bond donors (Lipinski definition) is 2. The minimum atomic E-state index is 0.243. The maximum absolute atomic E-state index is 12.2. The number of carbonyl (C=O) groups excluding carboxylic acids is 1. The summed E-state index contributed by atoms with van der Waals surface area (Å²) in [6.45, 7) is 3.91. The normalized spacial score (nSPS) is 24.7. The third-order valence-electron chi connectivity index (χ3n) is 3.87. The molecule has 2 heterocycles. The maximum Gasteiger partial charge on any atom is 0.225 e. The Morgan fingerprint density at radius 3 is 2.38 bits per heavy atom. The highest BCUT2D eigenvalue weighted by Crippen LogP contribution is 2.21. The van der Waals surface area contributed by atoms with Crippen LogP contribution in [0.3, 0.4) is 0 Å². The summed E-state index contributed by atoms with van der Waals surface area (Å²) in [6.07, 6.45) is 3.90. The lowest BCUT2D eigenvalue weighted by molar-refractivity contribution is -0.138. The molecule has 0 aromatic rings. The fourth-order valence-corrected chi connectivity index (χ4v) is 2.66. The second-order valence-electron chi connectivity index (χ2n) is 4.98. The molecule has 2 rings (SSSR count). The molecule has 0 bridgehead atoms. The van der Waals surface area contributed by atoms with Gasteiger partial charge in [-0.3, -0.25) is 4.79 Å². The lowest BCUT2D eigenvalue weighted by atomic mass is 9.93. The third-order valence-corrected chi connectivity index (χ3v) is 3.87. The van der Waals surface area contributed by atoms with E-state index in [1.54, 1.807) is 0 Å². The largest absolute Gasteiger partial charge is 0.396 e. The van der Waals surface area contributed by atoms with E-state index in [-0.39, 0.29) is 12.5 Å². The van der Waals surface area contributed by atoms with E-state index < -0.39 is 0 Å². The standard InChI is InChI=1S/C12H22N2O2/c15-9-10-3-7-14(8-4-10)12(16)11-1-5-13-6-2-11/h10-11,13,15H,1-9H2. The Kier molecular flexibility index (Phi) is 4.18. The summed E-state index contributed by atoms with van der Waals surface area (Å²) in [5.41, 5.74) is 0. The first-order valence-corrected chi connectivity index (χ1v) is 6.41. The summed E-state index contributed by atoms with van der Waals surface area (Å²) in [4.78, 5) is 14.2. The van der Waals surface area contributed by atoms with Gasteiger partial charge in [0, 0.05) is 25.6 Å². The van der Waals surface area contributed by atoms with E-state index in [0.717, 1.165) is 51.9 Å². The highest BCUT2D eigenvalue weighted by molar-refractivity contribution is 5.79. The van der Waals surface area contributed by atoms with Gasteiger partial charge in [0.2, 0.25) is 5.91 Å². The van der Waals surface area contributed by atoms with Crippen LogP contribution in [0.5, 0.6) is 0 Å². The van der Waals surface area contributed by atoms with E-state index in [1.807, 2.05) is 4.90 Å². The lowest BCUT2D eigenvalue weighted by Gasteiger charge is -2.34. The molecule has 4 heteroatoms. The van der Waals surface area contributed by atoms with Crippen molar-refractivity contribution < 1.29 is 9.90 Å². The molecule has 0 radical (unpaired) electrons. The predicted molar refractivity (Wildman–Crippen MR) is 62.0 cm³/mol. The minimum Gasteiger partial charge on any atom is -0.396 e. The van der Waals surface area contributed by atoms with Crippen LogP contribution in [0.2, 0.25) is 0 Å². The summed E-state index contributed by atoms with van der Waals surface area (Å²) in [5.74, 6) is 1.00. The highest BCUT2D eigenvalue weighted by atomic mass is 16.3. The monoisotopic (exact) mass is 226 g/mol. The number of nitrogens with one attached hydrogen (secondary N) is 1. The summed E-state index contributed by atoms with van der Waals surface area (Å²) in [7, 11) is 0. The molecule has 16 heavy (non-hydrogen) atoms. The Hall–Kier alpha value is -0.610. The van der Waals surface area contributed by atoms with Crippen LogP contribution in [0.25, 0.3) is 0 Å². The number of rotatable bonds is 2. The van der Waals surface area contributed by atoms with E-state index in [9.17, 15) is 4.79 Å². The SMILES string of the molecule is O=C(C1CCNCC1)N1CCC(CO)CC1. The van der Waals surface area contributed by atoms with Crippen LogP contribution in [0.15, 0.2) is 0 Å². The molecule has 2 aliphatic rings. The van der Waals surface area contributed by atoms with Gasteiger partial charge in [-0.15, -0.1) is 0 Å². The van der Waals surface area contributed by atoms with Gasteiger partial charge in [0.1, 0.15) is 0 Å². The van der Waals surface area contributed by atoms with Crippen LogP contribution in [0.4, 0.5) is 0 Å². The van der Waals surface area contributed by atoms with Gasteiger partial charge >= 0.3 is 0 Å². The van der Waals surface area contributed by atoms with E-state index in [1.165, 1.54) is 0 Å². The number of likely N-dealkylation sites (tertiary alicyclic amines) is 1. The number of hydrogen-bond acceptors (Lipinski definition) is 3. The average molecular weight is 226 g/mol. The van der Waals surface area contributed by atoms with Crippen molar-refractivity contribution in [3.8, 4) is 0 Å². The summed E-state index contributed by atoms with van der Waals surface area (Å²) in [6, 6.07) is 0. The van der Waals surface area contributed by atoms with Gasteiger partial charge in [-0.1, -0.05) is 0 Å². The second kappa shape index (κ2) is 5.64. The second-order valence-corrected chi connectivity index (χ2v) is 4.98. The zero-order valence-corrected chi connectivity index (χ0v) is 9.82. The molecule has 2 N–H and O–H groups in total. The zero-order valence-electron chi connectivity index (χ0n) is 9.82. The molecule has 0 unspecified atom stereocenters. The van der Waals surface area contributed by atoms with Crippen molar-refractivity contribution in [2.24, 2.45) is 11.8 Å². The van der Waals surface area contributed by atoms with Crippen molar-refractivity contribution in [3.05, 3.63) is 0 Å². The fraction of sp³-hybridized carbons (Fsp3) is 0.917. The van der Waals surface area contributed by atoms with Crippen LogP contribution >= 0.6 is 0 Å². The van der Waals surface area contributed by atoms with E-state index in [2.05, 4.69) is 5.32 Å². The van der Waals surface area contributed by atoms with Gasteiger partial charge in [0.15, 0.2) is 0 Å². The van der Waals surface area contributed by atoms with Gasteiger partial charge in [0.05, 0.1) is 0 Å². The molecule has 2 saturated heterocycles. The average Bonchev–Trinajstić information content (AvgIpc) is 2.39. The molecule has 2 aliphatic heterocycles. The first-order valence-electron chi connectivity index (χ1n) is 6.41. The lowest BCUT2D eigenvalue weighted by Crippen LogP contribution is -2.45. The number of amides is 1. The molecule has 0 atom stereocenters. The van der Waals surface area contributed by atoms with Gasteiger partial charge in [-0.05, 0) is 44.7 Å². The molecule has 92 valence electrons. The quantitative estimate of drug-likeness (QED) is 0.708. The summed E-state index contributed by atoms with van der Waals surface area (Å²) < 4.78 is 0. The van der Waals surface area contributed by atoms with Crippen LogP contribution in [0, 0.1) is 11.8 Å². The van der Waals surface area contributed by atoms with Gasteiger partial charge < -0.3 is 15.3 Å². The molecule has 1 amide bonds. The van der Waals surface area contributed by atoms with Crippen LogP contribution in [-0.4, -0.2) is 48.7 Å². The third kappa shape index (κ3) is 2.74. The minimum absolute atomic E-state index is 0.243. The number of aliphatic hydroxyl groups is 1. The molecule has 0 saturated carbocycles. The predicted octanol–water partition coefficient (Wildman–Crippen LogP) is 0.217. The maximum atomic E-state index is 12.2. The molecule has 4 nitrogen and oxygen atoms in total. The molecular weight excluding hydrogens is 204 g/mol. The Balaban J connectivity index is 1.81. The number of aliphatic hydroxyl groups excluding tert-OH is 1. The van der Waals surface area contributed by atoms with E-state index in [4.69, 9.17) is 5.11 Å². The topological polar surface area (TPSA) is 52.6 Å². The van der Waals surface area contributed by atoms with Gasteiger partial charge in [0.25, 0.3) is 0 Å².